The molecule has 1 saturated heterocycles. The van der Waals surface area contributed by atoms with E-state index in [1.165, 1.54) is 21.9 Å². The number of aliphatic imine (C=N–C) groups is 1. The minimum Gasteiger partial charge on any atom is -0.506 e. The van der Waals surface area contributed by atoms with Crippen LogP contribution in [0, 0.1) is 5.82 Å². The normalized spacial score (nSPS) is 22.6. The number of carbonyl (C=O) groups is 2. The molecule has 2 aromatic carbocycles. The van der Waals surface area contributed by atoms with Gasteiger partial charge in [-0.05, 0) is 43.7 Å². The van der Waals surface area contributed by atoms with Crippen molar-refractivity contribution in [3.63, 3.8) is 0 Å². The summed E-state index contributed by atoms with van der Waals surface area (Å²) in [5.74, 6) is -0.165. The summed E-state index contributed by atoms with van der Waals surface area (Å²) in [5, 5.41) is 10.4. The summed E-state index contributed by atoms with van der Waals surface area (Å²) in [6.45, 7) is 3.83. The van der Waals surface area contributed by atoms with Crippen LogP contribution in [0.3, 0.4) is 0 Å². The summed E-state index contributed by atoms with van der Waals surface area (Å²) < 4.78 is 13.3. The number of phenolic OH excluding ortho intramolecular Hbond substituents is 1. The fourth-order valence-corrected chi connectivity index (χ4v) is 4.47. The first-order valence-corrected chi connectivity index (χ1v) is 10.2. The van der Waals surface area contributed by atoms with Gasteiger partial charge in [0.1, 0.15) is 11.6 Å². The molecule has 0 aliphatic carbocycles. The van der Waals surface area contributed by atoms with Gasteiger partial charge in [0.2, 0.25) is 5.96 Å². The van der Waals surface area contributed by atoms with Crippen molar-refractivity contribution in [2.75, 3.05) is 11.9 Å². The van der Waals surface area contributed by atoms with Crippen molar-refractivity contribution in [1.82, 2.24) is 14.7 Å². The zero-order valence-corrected chi connectivity index (χ0v) is 17.9. The molecule has 1 N–H and O–H groups in total. The van der Waals surface area contributed by atoms with Crippen LogP contribution < -0.4 is 4.90 Å². The lowest BCUT2D eigenvalue weighted by molar-refractivity contribution is -0.137. The van der Waals surface area contributed by atoms with Crippen molar-refractivity contribution < 1.29 is 19.1 Å². The van der Waals surface area contributed by atoms with Crippen LogP contribution in [0.1, 0.15) is 19.4 Å². The summed E-state index contributed by atoms with van der Waals surface area (Å²) in [6, 6.07) is 11.5. The molecule has 0 spiro atoms. The van der Waals surface area contributed by atoms with Crippen LogP contribution in [0.4, 0.5) is 14.9 Å². The lowest BCUT2D eigenvalue weighted by Crippen LogP contribution is -2.64. The number of urea groups is 1. The molecule has 3 heterocycles. The van der Waals surface area contributed by atoms with Crippen LogP contribution in [0.15, 0.2) is 64.9 Å². The van der Waals surface area contributed by atoms with Crippen molar-refractivity contribution in [2.24, 2.45) is 4.99 Å². The Bertz CT molecular complexity index is 1190. The molecule has 32 heavy (non-hydrogen) atoms. The Labute approximate surface area is 184 Å². The van der Waals surface area contributed by atoms with Gasteiger partial charge in [-0.1, -0.05) is 24.3 Å². The Morgan fingerprint density at radius 3 is 2.41 bits per heavy atom. The van der Waals surface area contributed by atoms with Crippen LogP contribution in [0.25, 0.3) is 0 Å². The first-order chi connectivity index (χ1) is 15.3. The molecular formula is C23H22FN5O3. The number of amides is 3. The molecular weight excluding hydrogens is 413 g/mol. The molecule has 2 atom stereocenters. The molecule has 3 aliphatic heterocycles. The van der Waals surface area contributed by atoms with Gasteiger partial charge in [0, 0.05) is 18.4 Å². The van der Waals surface area contributed by atoms with E-state index in [4.69, 9.17) is 4.99 Å². The van der Waals surface area contributed by atoms with E-state index in [-0.39, 0.29) is 24.0 Å². The van der Waals surface area contributed by atoms with Crippen molar-refractivity contribution in [3.05, 3.63) is 71.3 Å². The largest absolute Gasteiger partial charge is 0.506 e. The zero-order valence-electron chi connectivity index (χ0n) is 17.9. The maximum Gasteiger partial charge on any atom is 0.328 e. The SMILES string of the molecule is CC1=C(C)N2C(=NC3C2C(=O)N(Cc2ccc(F)cc2)C(=O)N3C)N1c1ccccc1O. The second-order valence-electron chi connectivity index (χ2n) is 8.10. The fraction of sp³-hybridized carbons (Fsp3) is 0.261. The molecule has 2 aromatic rings. The van der Waals surface area contributed by atoms with E-state index in [2.05, 4.69) is 0 Å². The third-order valence-electron chi connectivity index (χ3n) is 6.27. The first-order valence-electron chi connectivity index (χ1n) is 10.2. The number of nitrogens with zero attached hydrogens (tertiary/aromatic N) is 5. The second kappa shape index (κ2) is 7.08. The molecule has 2 unspecified atom stereocenters. The lowest BCUT2D eigenvalue weighted by Gasteiger charge is -2.40. The molecule has 164 valence electrons. The first kappa shape index (κ1) is 20.0. The number of fused-ring (bicyclic) bond motifs is 3. The molecule has 8 nitrogen and oxygen atoms in total. The Hall–Kier alpha value is -3.88. The molecule has 0 aromatic heterocycles. The number of carbonyl (C=O) groups excluding carboxylic acids is 2. The third kappa shape index (κ3) is 2.77. The number of hydrogen-bond donors (Lipinski definition) is 1. The van der Waals surface area contributed by atoms with Crippen molar-refractivity contribution in [1.29, 1.82) is 0 Å². The highest BCUT2D eigenvalue weighted by atomic mass is 19.1. The molecule has 9 heteroatoms. The quantitative estimate of drug-likeness (QED) is 0.802. The molecule has 0 saturated carbocycles. The topological polar surface area (TPSA) is 79.7 Å². The van der Waals surface area contributed by atoms with Gasteiger partial charge in [0.15, 0.2) is 12.2 Å². The van der Waals surface area contributed by atoms with E-state index in [9.17, 15) is 19.1 Å². The maximum absolute atomic E-state index is 13.5. The number of phenols is 1. The Morgan fingerprint density at radius 2 is 1.72 bits per heavy atom. The minimum atomic E-state index is -0.723. The van der Waals surface area contributed by atoms with Crippen LogP contribution in [0.5, 0.6) is 5.75 Å². The highest BCUT2D eigenvalue weighted by Crippen LogP contribution is 2.42. The summed E-state index contributed by atoms with van der Waals surface area (Å²) in [6.07, 6.45) is -0.689. The van der Waals surface area contributed by atoms with Gasteiger partial charge in [-0.25, -0.2) is 14.2 Å². The van der Waals surface area contributed by atoms with Crippen LogP contribution in [0.2, 0.25) is 0 Å². The number of anilines is 1. The van der Waals surface area contributed by atoms with Gasteiger partial charge >= 0.3 is 6.03 Å². The summed E-state index contributed by atoms with van der Waals surface area (Å²) in [7, 11) is 1.62. The number of imide groups is 1. The van der Waals surface area contributed by atoms with E-state index >= 15 is 0 Å². The number of rotatable bonds is 3. The minimum absolute atomic E-state index is 0.0413. The summed E-state index contributed by atoms with van der Waals surface area (Å²) in [4.78, 5) is 37.6. The van der Waals surface area contributed by atoms with Gasteiger partial charge in [0.05, 0.1) is 12.2 Å². The summed E-state index contributed by atoms with van der Waals surface area (Å²) in [5.41, 5.74) is 2.85. The maximum atomic E-state index is 13.5. The zero-order chi connectivity index (χ0) is 22.7. The molecule has 0 bridgehead atoms. The number of para-hydroxylation sites is 2. The van der Waals surface area contributed by atoms with E-state index in [1.54, 1.807) is 42.3 Å². The third-order valence-corrected chi connectivity index (χ3v) is 6.27. The number of likely N-dealkylation sites (N-methyl/N-ethyl adjacent to an activating group) is 1. The second-order valence-corrected chi connectivity index (χ2v) is 8.10. The number of hydrogen-bond acceptors (Lipinski definition) is 6. The summed E-state index contributed by atoms with van der Waals surface area (Å²) >= 11 is 0. The van der Waals surface area contributed by atoms with Crippen molar-refractivity contribution >= 4 is 23.6 Å². The van der Waals surface area contributed by atoms with Gasteiger partial charge in [-0.3, -0.25) is 19.5 Å². The van der Waals surface area contributed by atoms with E-state index in [1.807, 2.05) is 24.8 Å². The van der Waals surface area contributed by atoms with Crippen LogP contribution in [-0.4, -0.2) is 57.0 Å². The predicted molar refractivity (Wildman–Crippen MR) is 116 cm³/mol. The van der Waals surface area contributed by atoms with Gasteiger partial charge in [-0.2, -0.15) is 0 Å². The molecule has 3 amide bonds. The van der Waals surface area contributed by atoms with Crippen LogP contribution in [-0.2, 0) is 11.3 Å². The number of benzene rings is 2. The van der Waals surface area contributed by atoms with Gasteiger partial charge < -0.3 is 10.0 Å². The van der Waals surface area contributed by atoms with Gasteiger partial charge in [-0.15, -0.1) is 0 Å². The van der Waals surface area contributed by atoms with E-state index in [0.717, 1.165) is 11.4 Å². The van der Waals surface area contributed by atoms with E-state index < -0.39 is 18.2 Å². The molecule has 5 rings (SSSR count). The van der Waals surface area contributed by atoms with Crippen molar-refractivity contribution in [2.45, 2.75) is 32.6 Å². The van der Waals surface area contributed by atoms with E-state index in [0.29, 0.717) is 17.2 Å². The number of allylic oxidation sites excluding steroid dienone is 2. The average Bonchev–Trinajstić information content (AvgIpc) is 3.27. The number of halogens is 1. The lowest BCUT2D eigenvalue weighted by atomic mass is 10.1. The van der Waals surface area contributed by atoms with Crippen molar-refractivity contribution in [3.8, 4) is 5.75 Å². The Balaban J connectivity index is 1.52. The van der Waals surface area contributed by atoms with Gasteiger partial charge in [0.25, 0.3) is 5.91 Å². The monoisotopic (exact) mass is 435 g/mol. The smallest absolute Gasteiger partial charge is 0.328 e. The predicted octanol–water partition coefficient (Wildman–Crippen LogP) is 3.06. The number of guanidine groups is 1. The fourth-order valence-electron chi connectivity index (χ4n) is 4.47. The highest BCUT2D eigenvalue weighted by Gasteiger charge is 2.56. The standard InChI is InChI=1S/C23H22FN5O3/c1-13-14(2)29-19-20(25-22(29)28(13)17-6-4-5-7-18(17)30)26(3)23(32)27(21(19)31)12-15-8-10-16(24)11-9-15/h4-11,19-20,30H,12H2,1-3H3. The molecule has 0 radical (unpaired) electrons. The Morgan fingerprint density at radius 1 is 1.03 bits per heavy atom. The average molecular weight is 435 g/mol. The Kier molecular flexibility index (Phi) is 4.44. The molecule has 3 aliphatic rings. The number of aromatic hydroxyl groups is 1. The highest BCUT2D eigenvalue weighted by molar-refractivity contribution is 6.10. The van der Waals surface area contributed by atoms with Crippen LogP contribution >= 0.6 is 0 Å². The molecule has 1 fully saturated rings.